The number of hydrogen-bond donors (Lipinski definition) is 1. The second-order valence-electron chi connectivity index (χ2n) is 9.63. The number of para-hydroxylation sites is 1. The van der Waals surface area contributed by atoms with Gasteiger partial charge < -0.3 is 24.4 Å². The molecule has 0 fully saturated rings. The summed E-state index contributed by atoms with van der Waals surface area (Å²) < 4.78 is 17.2. The number of nitrogens with zero attached hydrogens (tertiary/aromatic N) is 2. The lowest BCUT2D eigenvalue weighted by Crippen LogP contribution is -2.42. The maximum Gasteiger partial charge on any atom is 0.256 e. The Balaban J connectivity index is 1.22. The van der Waals surface area contributed by atoms with Gasteiger partial charge in [0.05, 0.1) is 6.54 Å². The monoisotopic (exact) mass is 505 g/mol. The maximum absolute atomic E-state index is 14.2. The smallest absolute Gasteiger partial charge is 0.256 e. The minimum Gasteiger partial charge on any atom is -0.491 e. The van der Waals surface area contributed by atoms with Crippen molar-refractivity contribution in [3.8, 4) is 17.2 Å². The van der Waals surface area contributed by atoms with Crippen LogP contribution in [0.1, 0.15) is 32.6 Å². The van der Waals surface area contributed by atoms with Crippen LogP contribution in [-0.2, 0) is 16.8 Å². The SMILES string of the molecule is Cc1cccnc1NC(=O)c1cccc(CN2C(=O)C3(COc4cc5c(cc43)OCO5)c3ccccc32)c1. The molecule has 8 heteroatoms. The molecule has 3 aliphatic heterocycles. The van der Waals surface area contributed by atoms with E-state index in [1.807, 2.05) is 67.6 Å². The molecule has 8 nitrogen and oxygen atoms in total. The van der Waals surface area contributed by atoms with Gasteiger partial charge in [0.25, 0.3) is 5.91 Å². The van der Waals surface area contributed by atoms with Crippen LogP contribution in [0.15, 0.2) is 79.0 Å². The second kappa shape index (κ2) is 8.34. The fourth-order valence-corrected chi connectivity index (χ4v) is 5.51. The molecule has 1 atom stereocenters. The molecule has 0 saturated heterocycles. The van der Waals surface area contributed by atoms with Gasteiger partial charge in [-0.05, 0) is 53.9 Å². The Kier molecular flexibility index (Phi) is 4.91. The molecule has 0 radical (unpaired) electrons. The summed E-state index contributed by atoms with van der Waals surface area (Å²) in [6.07, 6.45) is 1.64. The summed E-state index contributed by atoms with van der Waals surface area (Å²) in [6.45, 7) is 2.54. The van der Waals surface area contributed by atoms with Gasteiger partial charge in [0, 0.05) is 29.1 Å². The van der Waals surface area contributed by atoms with Crippen molar-refractivity contribution in [2.45, 2.75) is 18.9 Å². The van der Waals surface area contributed by atoms with E-state index in [1.54, 1.807) is 23.2 Å². The van der Waals surface area contributed by atoms with E-state index in [4.69, 9.17) is 14.2 Å². The van der Waals surface area contributed by atoms with Gasteiger partial charge in [-0.25, -0.2) is 4.98 Å². The van der Waals surface area contributed by atoms with Gasteiger partial charge >= 0.3 is 0 Å². The number of rotatable bonds is 4. The summed E-state index contributed by atoms with van der Waals surface area (Å²) in [5, 5.41) is 2.87. The Hall–Kier alpha value is -4.85. The van der Waals surface area contributed by atoms with Crippen molar-refractivity contribution in [3.05, 3.63) is 107 Å². The number of hydrogen-bond acceptors (Lipinski definition) is 6. The number of benzene rings is 3. The summed E-state index contributed by atoms with van der Waals surface area (Å²) in [5.41, 5.74) is 3.72. The van der Waals surface area contributed by atoms with Crippen LogP contribution >= 0.6 is 0 Å². The highest BCUT2D eigenvalue weighted by molar-refractivity contribution is 6.11. The molecule has 0 aliphatic carbocycles. The zero-order valence-electron chi connectivity index (χ0n) is 20.6. The van der Waals surface area contributed by atoms with E-state index in [2.05, 4.69) is 10.3 Å². The highest BCUT2D eigenvalue weighted by Crippen LogP contribution is 2.55. The molecule has 0 saturated carbocycles. The van der Waals surface area contributed by atoms with Gasteiger partial charge in [0.1, 0.15) is 23.6 Å². The molecule has 0 bridgehead atoms. The Labute approximate surface area is 218 Å². The van der Waals surface area contributed by atoms with Crippen molar-refractivity contribution < 1.29 is 23.8 Å². The van der Waals surface area contributed by atoms with Crippen molar-refractivity contribution in [1.82, 2.24) is 4.98 Å². The molecule has 1 aromatic heterocycles. The van der Waals surface area contributed by atoms with E-state index in [9.17, 15) is 9.59 Å². The lowest BCUT2D eigenvalue weighted by atomic mass is 9.77. The minimum absolute atomic E-state index is 0.0738. The first kappa shape index (κ1) is 22.4. The molecule has 3 aromatic carbocycles. The van der Waals surface area contributed by atoms with Crippen LogP contribution in [0.4, 0.5) is 11.5 Å². The van der Waals surface area contributed by atoms with Gasteiger partial charge in [-0.1, -0.05) is 36.4 Å². The number of aryl methyl sites for hydroxylation is 1. The van der Waals surface area contributed by atoms with Crippen molar-refractivity contribution in [2.75, 3.05) is 23.6 Å². The van der Waals surface area contributed by atoms with E-state index in [0.29, 0.717) is 35.2 Å². The van der Waals surface area contributed by atoms with Gasteiger partial charge in [-0.15, -0.1) is 0 Å². The quantitative estimate of drug-likeness (QED) is 0.436. The van der Waals surface area contributed by atoms with Gasteiger partial charge in [0.2, 0.25) is 12.7 Å². The number of ether oxygens (including phenoxy) is 3. The highest BCUT2D eigenvalue weighted by Gasteiger charge is 2.57. The Bertz CT molecular complexity index is 1630. The van der Waals surface area contributed by atoms with E-state index < -0.39 is 5.41 Å². The van der Waals surface area contributed by atoms with Crippen molar-refractivity contribution in [3.63, 3.8) is 0 Å². The first-order valence-corrected chi connectivity index (χ1v) is 12.3. The Morgan fingerprint density at radius 1 is 0.947 bits per heavy atom. The number of aromatic nitrogens is 1. The molecule has 7 rings (SSSR count). The van der Waals surface area contributed by atoms with Gasteiger partial charge in [-0.3, -0.25) is 9.59 Å². The van der Waals surface area contributed by atoms with Gasteiger partial charge in [0.15, 0.2) is 11.5 Å². The van der Waals surface area contributed by atoms with Crippen LogP contribution in [0, 0.1) is 6.92 Å². The van der Waals surface area contributed by atoms with Crippen LogP contribution in [0.3, 0.4) is 0 Å². The first-order chi connectivity index (χ1) is 18.5. The molecule has 1 spiro atoms. The maximum atomic E-state index is 14.2. The molecule has 1 unspecified atom stereocenters. The zero-order valence-corrected chi connectivity index (χ0v) is 20.6. The van der Waals surface area contributed by atoms with Crippen LogP contribution in [-0.4, -0.2) is 30.2 Å². The summed E-state index contributed by atoms with van der Waals surface area (Å²) in [7, 11) is 0. The normalized spacial score (nSPS) is 18.3. The standard InChI is InChI=1S/C30H23N3O5/c1-18-6-5-11-31-27(18)32-28(34)20-8-4-7-19(12-20)15-33-23-10-3-2-9-21(23)30(29(33)35)16-36-24-14-26-25(13-22(24)30)37-17-38-26/h2-14H,15-17H2,1H3,(H,31,32,34). The fraction of sp³-hybridized carbons (Fsp3) is 0.167. The highest BCUT2D eigenvalue weighted by atomic mass is 16.7. The Morgan fingerprint density at radius 3 is 2.66 bits per heavy atom. The lowest BCUT2D eigenvalue weighted by molar-refractivity contribution is -0.122. The fourth-order valence-electron chi connectivity index (χ4n) is 5.51. The summed E-state index contributed by atoms with van der Waals surface area (Å²) in [6, 6.07) is 22.5. The second-order valence-corrected chi connectivity index (χ2v) is 9.63. The number of pyridine rings is 1. The van der Waals surface area contributed by atoms with Crippen LogP contribution in [0.25, 0.3) is 0 Å². The molecule has 2 amide bonds. The first-order valence-electron chi connectivity index (χ1n) is 12.3. The van der Waals surface area contributed by atoms with E-state index in [1.165, 1.54) is 0 Å². The third-order valence-electron chi connectivity index (χ3n) is 7.41. The number of carbonyl (C=O) groups is 2. The molecule has 4 aromatic rings. The third kappa shape index (κ3) is 3.26. The molecule has 38 heavy (non-hydrogen) atoms. The number of amides is 2. The van der Waals surface area contributed by atoms with E-state index in [0.717, 1.165) is 27.9 Å². The molecule has 3 aliphatic rings. The van der Waals surface area contributed by atoms with Crippen LogP contribution < -0.4 is 24.4 Å². The van der Waals surface area contributed by atoms with E-state index >= 15 is 0 Å². The Morgan fingerprint density at radius 2 is 1.79 bits per heavy atom. The van der Waals surface area contributed by atoms with Crippen LogP contribution in [0.2, 0.25) is 0 Å². The summed E-state index contributed by atoms with van der Waals surface area (Å²) >= 11 is 0. The number of anilines is 2. The number of fused-ring (bicyclic) bond motifs is 5. The van der Waals surface area contributed by atoms with Crippen molar-refractivity contribution in [1.29, 1.82) is 0 Å². The van der Waals surface area contributed by atoms with Crippen molar-refractivity contribution in [2.24, 2.45) is 0 Å². The predicted molar refractivity (Wildman–Crippen MR) is 140 cm³/mol. The number of nitrogens with one attached hydrogen (secondary N) is 1. The minimum atomic E-state index is -0.974. The molecular weight excluding hydrogens is 482 g/mol. The van der Waals surface area contributed by atoms with E-state index in [-0.39, 0.29) is 25.2 Å². The predicted octanol–water partition coefficient (Wildman–Crippen LogP) is 4.60. The van der Waals surface area contributed by atoms with Gasteiger partial charge in [-0.2, -0.15) is 0 Å². The summed E-state index contributed by atoms with van der Waals surface area (Å²) in [4.78, 5) is 33.2. The van der Waals surface area contributed by atoms with Crippen molar-refractivity contribution >= 4 is 23.3 Å². The number of carbonyl (C=O) groups excluding carboxylic acids is 2. The zero-order chi connectivity index (χ0) is 25.9. The molecule has 4 heterocycles. The average Bonchev–Trinajstić information content (AvgIpc) is 3.61. The molecular formula is C30H23N3O5. The average molecular weight is 506 g/mol. The summed E-state index contributed by atoms with van der Waals surface area (Å²) in [5.74, 6) is 2.05. The van der Waals surface area contributed by atoms with Crippen LogP contribution in [0.5, 0.6) is 17.2 Å². The largest absolute Gasteiger partial charge is 0.491 e. The molecule has 188 valence electrons. The third-order valence-corrected chi connectivity index (χ3v) is 7.41. The lowest BCUT2D eigenvalue weighted by Gasteiger charge is -2.23. The molecule has 1 N–H and O–H groups in total. The topological polar surface area (TPSA) is 90.0 Å².